The Labute approximate surface area is 190 Å². The first kappa shape index (κ1) is 20.8. The number of benzene rings is 3. The van der Waals surface area contributed by atoms with E-state index in [2.05, 4.69) is 21.7 Å². The van der Waals surface area contributed by atoms with Crippen LogP contribution in [-0.2, 0) is 21.5 Å². The van der Waals surface area contributed by atoms with Crippen LogP contribution in [0.15, 0.2) is 72.9 Å². The van der Waals surface area contributed by atoms with Crippen molar-refractivity contribution in [1.29, 1.82) is 0 Å². The summed E-state index contributed by atoms with van der Waals surface area (Å²) >= 11 is 0. The zero-order valence-electron chi connectivity index (χ0n) is 18.2. The van der Waals surface area contributed by atoms with Gasteiger partial charge in [-0.05, 0) is 64.9 Å². The third-order valence-corrected chi connectivity index (χ3v) is 6.26. The van der Waals surface area contributed by atoms with Crippen molar-refractivity contribution in [3.8, 4) is 0 Å². The molecule has 5 rings (SSSR count). The van der Waals surface area contributed by atoms with Crippen molar-refractivity contribution in [1.82, 2.24) is 20.5 Å². The van der Waals surface area contributed by atoms with Gasteiger partial charge in [-0.25, -0.2) is 4.79 Å². The van der Waals surface area contributed by atoms with Crippen LogP contribution < -0.4 is 10.6 Å². The van der Waals surface area contributed by atoms with Gasteiger partial charge in [-0.2, -0.15) is 0 Å². The Morgan fingerprint density at radius 1 is 0.970 bits per heavy atom. The van der Waals surface area contributed by atoms with Crippen molar-refractivity contribution in [3.05, 3.63) is 84.1 Å². The van der Waals surface area contributed by atoms with Crippen molar-refractivity contribution in [2.75, 3.05) is 13.1 Å². The predicted octanol–water partition coefficient (Wildman–Crippen LogP) is 3.45. The van der Waals surface area contributed by atoms with Crippen LogP contribution in [-0.4, -0.2) is 40.8 Å². The minimum atomic E-state index is -1.21. The van der Waals surface area contributed by atoms with Gasteiger partial charge in [0.2, 0.25) is 5.91 Å². The summed E-state index contributed by atoms with van der Waals surface area (Å²) in [5, 5.41) is 8.72. The molecule has 1 fully saturated rings. The van der Waals surface area contributed by atoms with Gasteiger partial charge in [0.05, 0.1) is 0 Å². The summed E-state index contributed by atoms with van der Waals surface area (Å²) in [5.74, 6) is -0.806. The number of carbonyl (C=O) groups is 3. The number of hydrogen-bond acceptors (Lipinski definition) is 3. The molecular formula is C26H24N4O3. The molecule has 166 valence electrons. The van der Waals surface area contributed by atoms with Gasteiger partial charge in [0, 0.05) is 18.3 Å². The molecule has 0 unspecified atom stereocenters. The van der Waals surface area contributed by atoms with Gasteiger partial charge >= 0.3 is 6.03 Å². The Bertz CT molecular complexity index is 1390. The topological polar surface area (TPSA) is 94.3 Å². The Balaban J connectivity index is 1.23. The summed E-state index contributed by atoms with van der Waals surface area (Å²) in [7, 11) is 0. The maximum atomic E-state index is 13.2. The minimum Gasteiger partial charge on any atom is -0.361 e. The van der Waals surface area contributed by atoms with Crippen molar-refractivity contribution in [2.24, 2.45) is 0 Å². The largest absolute Gasteiger partial charge is 0.361 e. The van der Waals surface area contributed by atoms with Gasteiger partial charge in [0.25, 0.3) is 5.91 Å². The van der Waals surface area contributed by atoms with Crippen LogP contribution in [0.5, 0.6) is 0 Å². The molecule has 0 spiro atoms. The van der Waals surface area contributed by atoms with E-state index in [1.807, 2.05) is 66.9 Å². The smallest absolute Gasteiger partial charge is 0.325 e. The highest BCUT2D eigenvalue weighted by Crippen LogP contribution is 2.30. The Kier molecular flexibility index (Phi) is 5.09. The lowest BCUT2D eigenvalue weighted by Crippen LogP contribution is -2.43. The summed E-state index contributed by atoms with van der Waals surface area (Å²) in [6.07, 6.45) is 2.54. The minimum absolute atomic E-state index is 0.315. The molecule has 4 amide bonds. The molecule has 3 N–H and O–H groups in total. The standard InChI is InChI=1S/C26H24N4O3/c1-26(21-8-7-18-4-2-3-5-19(18)15-21)24(32)30(25(33)29-26)16-23(31)28-12-10-17-6-9-22-20(14-17)11-13-27-22/h2-9,11,13-15,27H,10,12,16H2,1H3,(H,28,31)(H,29,33)/t26-/m0/s1. The van der Waals surface area contributed by atoms with Crippen LogP contribution in [0.3, 0.4) is 0 Å². The fourth-order valence-corrected chi connectivity index (χ4v) is 4.34. The lowest BCUT2D eigenvalue weighted by atomic mass is 9.90. The number of nitrogens with zero attached hydrogens (tertiary/aromatic N) is 1. The summed E-state index contributed by atoms with van der Waals surface area (Å²) < 4.78 is 0. The van der Waals surface area contributed by atoms with Crippen molar-refractivity contribution >= 4 is 39.5 Å². The number of nitrogens with one attached hydrogen (secondary N) is 3. The highest BCUT2D eigenvalue weighted by Gasteiger charge is 2.49. The molecule has 1 aliphatic heterocycles. The second-order valence-electron chi connectivity index (χ2n) is 8.51. The molecule has 0 saturated carbocycles. The third kappa shape index (κ3) is 3.82. The van der Waals surface area contributed by atoms with Crippen molar-refractivity contribution in [2.45, 2.75) is 18.9 Å². The molecule has 7 nitrogen and oxygen atoms in total. The average molecular weight is 441 g/mol. The Morgan fingerprint density at radius 3 is 2.64 bits per heavy atom. The number of H-pyrrole nitrogens is 1. The van der Waals surface area contributed by atoms with Gasteiger partial charge in [-0.1, -0.05) is 42.5 Å². The van der Waals surface area contributed by atoms with E-state index in [0.29, 0.717) is 18.5 Å². The van der Waals surface area contributed by atoms with E-state index in [1.54, 1.807) is 6.92 Å². The Hall–Kier alpha value is -4.13. The molecule has 33 heavy (non-hydrogen) atoms. The maximum absolute atomic E-state index is 13.2. The van der Waals surface area contributed by atoms with Gasteiger partial charge in [0.1, 0.15) is 12.1 Å². The maximum Gasteiger partial charge on any atom is 0.325 e. The monoisotopic (exact) mass is 440 g/mol. The first-order valence-corrected chi connectivity index (χ1v) is 10.9. The lowest BCUT2D eigenvalue weighted by Gasteiger charge is -2.22. The van der Waals surface area contributed by atoms with Crippen LogP contribution in [0, 0.1) is 0 Å². The lowest BCUT2D eigenvalue weighted by molar-refractivity contribution is -0.134. The first-order valence-electron chi connectivity index (χ1n) is 10.9. The molecule has 1 atom stereocenters. The summed E-state index contributed by atoms with van der Waals surface area (Å²) in [5.41, 5.74) is 1.63. The molecule has 0 radical (unpaired) electrons. The molecule has 4 aromatic rings. The van der Waals surface area contributed by atoms with E-state index in [0.717, 1.165) is 32.1 Å². The average Bonchev–Trinajstić information content (AvgIpc) is 3.37. The van der Waals surface area contributed by atoms with E-state index in [-0.39, 0.29) is 12.5 Å². The zero-order valence-corrected chi connectivity index (χ0v) is 18.2. The SMILES string of the molecule is C[C@@]1(c2ccc3ccccc3c2)NC(=O)N(CC(=O)NCCc2ccc3[nH]ccc3c2)C1=O. The van der Waals surface area contributed by atoms with Gasteiger partial charge in [-0.15, -0.1) is 0 Å². The van der Waals surface area contributed by atoms with Gasteiger partial charge in [0.15, 0.2) is 0 Å². The number of fused-ring (bicyclic) bond motifs is 2. The summed E-state index contributed by atoms with van der Waals surface area (Å²) in [6, 6.07) is 21.0. The fourth-order valence-electron chi connectivity index (χ4n) is 4.34. The summed E-state index contributed by atoms with van der Waals surface area (Å²) in [4.78, 5) is 42.4. The van der Waals surface area contributed by atoms with Gasteiger partial charge in [-0.3, -0.25) is 14.5 Å². The van der Waals surface area contributed by atoms with Crippen LogP contribution in [0.25, 0.3) is 21.7 Å². The number of hydrogen-bond donors (Lipinski definition) is 3. The fraction of sp³-hybridized carbons (Fsp3) is 0.192. The number of aromatic nitrogens is 1. The number of carbonyl (C=O) groups excluding carboxylic acids is 3. The number of imide groups is 1. The van der Waals surface area contributed by atoms with Crippen LogP contribution in [0.1, 0.15) is 18.1 Å². The second-order valence-corrected chi connectivity index (χ2v) is 8.51. The number of aromatic amines is 1. The molecular weight excluding hydrogens is 416 g/mol. The molecule has 7 heteroatoms. The quantitative estimate of drug-likeness (QED) is 0.401. The summed E-state index contributed by atoms with van der Waals surface area (Å²) in [6.45, 7) is 1.78. The second kappa shape index (κ2) is 8.09. The van der Waals surface area contributed by atoms with E-state index in [4.69, 9.17) is 0 Å². The van der Waals surface area contributed by atoms with E-state index >= 15 is 0 Å². The van der Waals surface area contributed by atoms with Crippen LogP contribution in [0.4, 0.5) is 4.79 Å². The first-order chi connectivity index (χ1) is 15.9. The highest BCUT2D eigenvalue weighted by molar-refractivity contribution is 6.09. The Morgan fingerprint density at radius 2 is 1.79 bits per heavy atom. The van der Waals surface area contributed by atoms with E-state index in [9.17, 15) is 14.4 Å². The molecule has 0 bridgehead atoms. The van der Waals surface area contributed by atoms with E-state index in [1.165, 1.54) is 0 Å². The molecule has 1 aromatic heterocycles. The van der Waals surface area contributed by atoms with E-state index < -0.39 is 17.5 Å². The van der Waals surface area contributed by atoms with Crippen LogP contribution >= 0.6 is 0 Å². The normalized spacial score (nSPS) is 18.2. The molecule has 1 aliphatic rings. The molecule has 0 aliphatic carbocycles. The predicted molar refractivity (Wildman–Crippen MR) is 127 cm³/mol. The molecule has 3 aromatic carbocycles. The highest BCUT2D eigenvalue weighted by atomic mass is 16.2. The van der Waals surface area contributed by atoms with Gasteiger partial charge < -0.3 is 15.6 Å². The van der Waals surface area contributed by atoms with Crippen molar-refractivity contribution < 1.29 is 14.4 Å². The molecule has 2 heterocycles. The van der Waals surface area contributed by atoms with Crippen molar-refractivity contribution in [3.63, 3.8) is 0 Å². The molecule has 1 saturated heterocycles. The number of rotatable bonds is 6. The number of amides is 4. The number of urea groups is 1. The van der Waals surface area contributed by atoms with Crippen LogP contribution in [0.2, 0.25) is 0 Å². The third-order valence-electron chi connectivity index (χ3n) is 6.26. The zero-order chi connectivity index (χ0) is 23.0.